The number of halogens is 1. The van der Waals surface area contributed by atoms with Gasteiger partial charge in [0.05, 0.1) is 4.92 Å². The SMILES string of the molecule is [B]c1cc([N+](=O)[O-])cc(Br)n1. The highest BCUT2D eigenvalue weighted by atomic mass is 79.9. The lowest BCUT2D eigenvalue weighted by Gasteiger charge is -1.94. The molecule has 2 radical (unpaired) electrons. The largest absolute Gasteiger partial charge is 0.273 e. The summed E-state index contributed by atoms with van der Waals surface area (Å²) in [4.78, 5) is 13.4. The Morgan fingerprint density at radius 1 is 1.64 bits per heavy atom. The van der Waals surface area contributed by atoms with Gasteiger partial charge in [0, 0.05) is 12.1 Å². The lowest BCUT2D eigenvalue weighted by atomic mass is 10.0. The summed E-state index contributed by atoms with van der Waals surface area (Å²) in [6.45, 7) is 0. The van der Waals surface area contributed by atoms with Gasteiger partial charge in [0.25, 0.3) is 5.69 Å². The third kappa shape index (κ3) is 2.01. The lowest BCUT2D eigenvalue weighted by Crippen LogP contribution is -2.08. The van der Waals surface area contributed by atoms with E-state index in [2.05, 4.69) is 20.9 Å². The Morgan fingerprint density at radius 2 is 2.27 bits per heavy atom. The summed E-state index contributed by atoms with van der Waals surface area (Å²) >= 11 is 2.99. The van der Waals surface area contributed by atoms with Crippen LogP contribution in [0.3, 0.4) is 0 Å². The van der Waals surface area contributed by atoms with Gasteiger partial charge in [0.15, 0.2) is 0 Å². The summed E-state index contributed by atoms with van der Waals surface area (Å²) in [5, 5.41) is 10.2. The molecule has 0 fully saturated rings. The Morgan fingerprint density at radius 3 is 2.73 bits per heavy atom. The molecule has 0 aliphatic rings. The van der Waals surface area contributed by atoms with Crippen LogP contribution >= 0.6 is 15.9 Å². The van der Waals surface area contributed by atoms with E-state index in [1.54, 1.807) is 0 Å². The number of rotatable bonds is 1. The Labute approximate surface area is 72.3 Å². The van der Waals surface area contributed by atoms with Gasteiger partial charge in [-0.1, -0.05) is 0 Å². The molecule has 0 aliphatic heterocycles. The zero-order chi connectivity index (χ0) is 8.43. The minimum absolute atomic E-state index is 0.0654. The van der Waals surface area contributed by atoms with Gasteiger partial charge in [-0.3, -0.25) is 15.1 Å². The molecule has 0 N–H and O–H groups in total. The molecular formula is C5H2BBrN2O2. The fourth-order valence-electron chi connectivity index (χ4n) is 0.609. The minimum atomic E-state index is -0.525. The fraction of sp³-hybridized carbons (Fsp3) is 0. The van der Waals surface area contributed by atoms with Crippen molar-refractivity contribution in [2.75, 3.05) is 0 Å². The Bertz CT molecular complexity index is 284. The normalized spacial score (nSPS) is 9.55. The molecule has 0 atom stereocenters. The van der Waals surface area contributed by atoms with Gasteiger partial charge in [0.2, 0.25) is 0 Å². The van der Waals surface area contributed by atoms with Crippen LogP contribution in [0, 0.1) is 10.1 Å². The van der Waals surface area contributed by atoms with E-state index >= 15 is 0 Å². The second kappa shape index (κ2) is 3.00. The zero-order valence-electron chi connectivity index (χ0n) is 5.32. The Kier molecular flexibility index (Phi) is 2.23. The van der Waals surface area contributed by atoms with Crippen LogP contribution in [0.15, 0.2) is 16.7 Å². The maximum atomic E-state index is 10.2. The molecule has 0 bridgehead atoms. The van der Waals surface area contributed by atoms with E-state index in [0.29, 0.717) is 4.60 Å². The first-order valence-electron chi connectivity index (χ1n) is 2.67. The van der Waals surface area contributed by atoms with Gasteiger partial charge in [-0.25, -0.2) is 0 Å². The second-order valence-electron chi connectivity index (χ2n) is 1.83. The van der Waals surface area contributed by atoms with Crippen molar-refractivity contribution in [3.8, 4) is 0 Å². The molecule has 0 unspecified atom stereocenters. The quantitative estimate of drug-likeness (QED) is 0.296. The van der Waals surface area contributed by atoms with Crippen molar-refractivity contribution < 1.29 is 4.92 Å². The van der Waals surface area contributed by atoms with Crippen molar-refractivity contribution in [2.45, 2.75) is 0 Å². The van der Waals surface area contributed by atoms with Crippen LogP contribution in [0.25, 0.3) is 0 Å². The predicted molar refractivity (Wildman–Crippen MR) is 44.0 cm³/mol. The van der Waals surface area contributed by atoms with Crippen molar-refractivity contribution in [2.24, 2.45) is 0 Å². The number of hydrogen-bond donors (Lipinski definition) is 0. The van der Waals surface area contributed by atoms with Crippen LogP contribution in [0.2, 0.25) is 0 Å². The summed E-state index contributed by atoms with van der Waals surface area (Å²) < 4.78 is 0.365. The predicted octanol–water partition coefficient (Wildman–Crippen LogP) is 0.546. The van der Waals surface area contributed by atoms with Gasteiger partial charge in [-0.15, -0.1) is 0 Å². The molecule has 54 valence electrons. The van der Waals surface area contributed by atoms with Crippen molar-refractivity contribution in [1.82, 2.24) is 4.98 Å². The van der Waals surface area contributed by atoms with Gasteiger partial charge >= 0.3 is 0 Å². The maximum absolute atomic E-state index is 10.2. The third-order valence-electron chi connectivity index (χ3n) is 1.01. The van der Waals surface area contributed by atoms with E-state index in [4.69, 9.17) is 7.85 Å². The van der Waals surface area contributed by atoms with Crippen molar-refractivity contribution in [3.63, 3.8) is 0 Å². The number of hydrogen-bond acceptors (Lipinski definition) is 3. The Balaban J connectivity index is 3.19. The molecule has 1 aromatic rings. The van der Waals surface area contributed by atoms with E-state index in [1.165, 1.54) is 12.1 Å². The summed E-state index contributed by atoms with van der Waals surface area (Å²) in [5.74, 6) is 0. The van der Waals surface area contributed by atoms with Gasteiger partial charge in [-0.2, -0.15) is 0 Å². The molecule has 1 rings (SSSR count). The highest BCUT2D eigenvalue weighted by molar-refractivity contribution is 9.10. The molecule has 11 heavy (non-hydrogen) atoms. The second-order valence-corrected chi connectivity index (χ2v) is 2.64. The Hall–Kier alpha value is -0.905. The first-order chi connectivity index (χ1) is 5.09. The number of nitro groups is 1. The summed E-state index contributed by atoms with van der Waals surface area (Å²) in [7, 11) is 5.25. The number of aromatic nitrogens is 1. The molecule has 6 heteroatoms. The van der Waals surface area contributed by atoms with Crippen molar-refractivity contribution >= 4 is 35.1 Å². The van der Waals surface area contributed by atoms with Gasteiger partial charge in [0.1, 0.15) is 12.4 Å². The summed E-state index contributed by atoms with van der Waals surface area (Å²) in [6, 6.07) is 2.49. The average Bonchev–Trinajstić information content (AvgIpc) is 1.85. The molecule has 4 nitrogen and oxygen atoms in total. The van der Waals surface area contributed by atoms with Crippen LogP contribution in [-0.4, -0.2) is 17.8 Å². The average molecular weight is 213 g/mol. The molecular weight excluding hydrogens is 211 g/mol. The van der Waals surface area contributed by atoms with Crippen LogP contribution in [0.1, 0.15) is 0 Å². The van der Waals surface area contributed by atoms with Crippen LogP contribution in [0.4, 0.5) is 5.69 Å². The van der Waals surface area contributed by atoms with E-state index in [0.717, 1.165) is 0 Å². The van der Waals surface area contributed by atoms with E-state index in [-0.39, 0.29) is 11.3 Å². The molecule has 0 saturated carbocycles. The molecule has 0 amide bonds. The molecule has 1 aromatic heterocycles. The number of pyridine rings is 1. The van der Waals surface area contributed by atoms with Crippen molar-refractivity contribution in [3.05, 3.63) is 26.9 Å². The fourth-order valence-corrected chi connectivity index (χ4v) is 1.05. The molecule has 1 heterocycles. The minimum Gasteiger partial charge on any atom is -0.258 e. The van der Waals surface area contributed by atoms with Crippen LogP contribution in [0.5, 0.6) is 0 Å². The molecule has 0 spiro atoms. The smallest absolute Gasteiger partial charge is 0.258 e. The van der Waals surface area contributed by atoms with Crippen LogP contribution in [-0.2, 0) is 0 Å². The highest BCUT2D eigenvalue weighted by Gasteiger charge is 2.06. The molecule has 0 aliphatic carbocycles. The van der Waals surface area contributed by atoms with Gasteiger partial charge < -0.3 is 0 Å². The van der Waals surface area contributed by atoms with E-state index < -0.39 is 4.92 Å². The zero-order valence-corrected chi connectivity index (χ0v) is 6.91. The highest BCUT2D eigenvalue weighted by Crippen LogP contribution is 2.12. The molecule has 0 aromatic carbocycles. The van der Waals surface area contributed by atoms with E-state index in [9.17, 15) is 10.1 Å². The monoisotopic (exact) mass is 212 g/mol. The maximum Gasteiger partial charge on any atom is 0.273 e. The first kappa shape index (κ1) is 8.19. The number of nitrogens with zero attached hydrogens (tertiary/aromatic N) is 2. The topological polar surface area (TPSA) is 56.0 Å². The summed E-state index contributed by atoms with van der Waals surface area (Å²) in [6.07, 6.45) is 0. The standard InChI is InChI=1S/C5H2BBrN2O2/c6-4-1-3(9(10)11)2-5(7)8-4/h1-2H. The first-order valence-corrected chi connectivity index (χ1v) is 3.46. The van der Waals surface area contributed by atoms with Crippen molar-refractivity contribution in [1.29, 1.82) is 0 Å². The van der Waals surface area contributed by atoms with Gasteiger partial charge in [-0.05, 0) is 21.5 Å². The summed E-state index contributed by atoms with van der Waals surface area (Å²) in [5.41, 5.74) is 0.0652. The lowest BCUT2D eigenvalue weighted by molar-refractivity contribution is -0.384. The third-order valence-corrected chi connectivity index (χ3v) is 1.42. The van der Waals surface area contributed by atoms with E-state index in [1.807, 2.05) is 0 Å². The van der Waals surface area contributed by atoms with Crippen LogP contribution < -0.4 is 5.59 Å². The molecule has 0 saturated heterocycles.